The third-order valence-corrected chi connectivity index (χ3v) is 6.40. The number of rotatable bonds is 15. The molecule has 0 saturated heterocycles. The zero-order valence-corrected chi connectivity index (χ0v) is 17.6. The van der Waals surface area contributed by atoms with Gasteiger partial charge >= 0.3 is 0 Å². The highest BCUT2D eigenvalue weighted by Crippen LogP contribution is 2.35. The third-order valence-electron chi connectivity index (χ3n) is 6.40. The van der Waals surface area contributed by atoms with Gasteiger partial charge in [-0.2, -0.15) is 0 Å². The lowest BCUT2D eigenvalue weighted by atomic mass is 9.80. The maximum Gasteiger partial charge on any atom is -0.0159 e. The summed E-state index contributed by atoms with van der Waals surface area (Å²) in [5.74, 6) is 0.859. The van der Waals surface area contributed by atoms with Crippen LogP contribution >= 0.6 is 0 Å². The van der Waals surface area contributed by atoms with Crippen LogP contribution in [0.5, 0.6) is 0 Å². The first-order valence-corrected chi connectivity index (χ1v) is 12.0. The number of fused-ring (bicyclic) bond motifs is 1. The second-order valence-corrected chi connectivity index (χ2v) is 8.67. The molecule has 1 aliphatic carbocycles. The summed E-state index contributed by atoms with van der Waals surface area (Å²) in [4.78, 5) is 0. The van der Waals surface area contributed by atoms with Crippen LogP contribution < -0.4 is 0 Å². The zero-order valence-electron chi connectivity index (χ0n) is 17.6. The lowest BCUT2D eigenvalue weighted by molar-refractivity contribution is 0.480. The summed E-state index contributed by atoms with van der Waals surface area (Å²) in [5, 5.41) is 0. The lowest BCUT2D eigenvalue weighted by Crippen LogP contribution is -2.09. The van der Waals surface area contributed by atoms with E-state index in [4.69, 9.17) is 0 Å². The maximum atomic E-state index is 2.39. The highest BCUT2D eigenvalue weighted by Gasteiger charge is 2.18. The van der Waals surface area contributed by atoms with Crippen molar-refractivity contribution in [3.05, 3.63) is 35.4 Å². The summed E-state index contributed by atoms with van der Waals surface area (Å²) in [6.45, 7) is 2.30. The summed E-state index contributed by atoms with van der Waals surface area (Å²) in [7, 11) is 0. The normalized spacial score (nSPS) is 16.6. The van der Waals surface area contributed by atoms with Gasteiger partial charge in [-0.15, -0.1) is 0 Å². The first kappa shape index (κ1) is 21.5. The van der Waals surface area contributed by atoms with Gasteiger partial charge in [0, 0.05) is 0 Å². The Kier molecular flexibility index (Phi) is 11.8. The number of unbranched alkanes of at least 4 members (excludes halogenated alkanes) is 13. The summed E-state index contributed by atoms with van der Waals surface area (Å²) < 4.78 is 0. The SMILES string of the molecule is CCCCCCCCCCCCCCCCC1CCCc2ccccc21. The summed E-state index contributed by atoms with van der Waals surface area (Å²) in [6, 6.07) is 9.20. The van der Waals surface area contributed by atoms with Gasteiger partial charge in [0.2, 0.25) is 0 Å². The molecule has 0 amide bonds. The van der Waals surface area contributed by atoms with Crippen molar-refractivity contribution < 1.29 is 0 Å². The molecule has 26 heavy (non-hydrogen) atoms. The van der Waals surface area contributed by atoms with E-state index in [1.807, 2.05) is 0 Å². The Morgan fingerprint density at radius 2 is 1.23 bits per heavy atom. The van der Waals surface area contributed by atoms with Crippen LogP contribution in [0.4, 0.5) is 0 Å². The summed E-state index contributed by atoms with van der Waals surface area (Å²) in [6.07, 6.45) is 26.0. The van der Waals surface area contributed by atoms with E-state index in [0.29, 0.717) is 0 Å². The number of hydrogen-bond acceptors (Lipinski definition) is 0. The fraction of sp³-hybridized carbons (Fsp3) is 0.769. The van der Waals surface area contributed by atoms with Crippen molar-refractivity contribution in [1.29, 1.82) is 0 Å². The highest BCUT2D eigenvalue weighted by atomic mass is 14.2. The van der Waals surface area contributed by atoms with Gasteiger partial charge in [-0.05, 0) is 42.7 Å². The molecule has 0 aromatic heterocycles. The molecule has 0 fully saturated rings. The Bertz CT molecular complexity index is 447. The highest BCUT2D eigenvalue weighted by molar-refractivity contribution is 5.32. The minimum absolute atomic E-state index is 0.859. The van der Waals surface area contributed by atoms with Crippen LogP contribution in [0.1, 0.15) is 133 Å². The minimum Gasteiger partial charge on any atom is -0.0654 e. The van der Waals surface area contributed by atoms with E-state index in [9.17, 15) is 0 Å². The Morgan fingerprint density at radius 3 is 1.85 bits per heavy atom. The lowest BCUT2D eigenvalue weighted by Gasteiger charge is -2.25. The zero-order chi connectivity index (χ0) is 18.3. The summed E-state index contributed by atoms with van der Waals surface area (Å²) in [5.41, 5.74) is 3.31. The van der Waals surface area contributed by atoms with Gasteiger partial charge in [-0.3, -0.25) is 0 Å². The third kappa shape index (κ3) is 8.74. The van der Waals surface area contributed by atoms with Gasteiger partial charge in [0.25, 0.3) is 0 Å². The molecule has 0 saturated carbocycles. The van der Waals surface area contributed by atoms with Crippen LogP contribution in [0.3, 0.4) is 0 Å². The van der Waals surface area contributed by atoms with Crippen LogP contribution in [0.2, 0.25) is 0 Å². The van der Waals surface area contributed by atoms with E-state index in [1.54, 1.807) is 11.1 Å². The van der Waals surface area contributed by atoms with Crippen molar-refractivity contribution in [2.24, 2.45) is 0 Å². The molecule has 0 nitrogen and oxygen atoms in total. The van der Waals surface area contributed by atoms with Crippen molar-refractivity contribution in [1.82, 2.24) is 0 Å². The van der Waals surface area contributed by atoms with Gasteiger partial charge in [-0.1, -0.05) is 121 Å². The van der Waals surface area contributed by atoms with Crippen LogP contribution in [0.25, 0.3) is 0 Å². The van der Waals surface area contributed by atoms with E-state index in [-0.39, 0.29) is 0 Å². The average molecular weight is 357 g/mol. The van der Waals surface area contributed by atoms with Crippen LogP contribution in [-0.4, -0.2) is 0 Å². The topological polar surface area (TPSA) is 0 Å². The van der Waals surface area contributed by atoms with Gasteiger partial charge < -0.3 is 0 Å². The van der Waals surface area contributed by atoms with E-state index >= 15 is 0 Å². The van der Waals surface area contributed by atoms with Crippen LogP contribution in [0.15, 0.2) is 24.3 Å². The van der Waals surface area contributed by atoms with Gasteiger partial charge in [0.05, 0.1) is 0 Å². The molecule has 0 heteroatoms. The summed E-state index contributed by atoms with van der Waals surface area (Å²) >= 11 is 0. The first-order chi connectivity index (χ1) is 12.9. The van der Waals surface area contributed by atoms with Crippen LogP contribution in [0, 0.1) is 0 Å². The monoisotopic (exact) mass is 356 g/mol. The van der Waals surface area contributed by atoms with Crippen molar-refractivity contribution in [3.63, 3.8) is 0 Å². The van der Waals surface area contributed by atoms with E-state index in [0.717, 1.165) is 5.92 Å². The van der Waals surface area contributed by atoms with Crippen molar-refractivity contribution in [2.45, 2.75) is 128 Å². The second kappa shape index (κ2) is 14.3. The smallest absolute Gasteiger partial charge is 0.0159 e. The largest absolute Gasteiger partial charge is 0.0654 e. The first-order valence-electron chi connectivity index (χ1n) is 12.0. The fourth-order valence-electron chi connectivity index (χ4n) is 4.74. The molecule has 0 N–H and O–H groups in total. The molecule has 1 unspecified atom stereocenters. The predicted octanol–water partition coefficient (Wildman–Crippen LogP) is 8.98. The quantitative estimate of drug-likeness (QED) is 0.275. The number of benzene rings is 1. The van der Waals surface area contributed by atoms with E-state index in [2.05, 4.69) is 31.2 Å². The molecule has 0 aliphatic heterocycles. The van der Waals surface area contributed by atoms with Crippen molar-refractivity contribution in [3.8, 4) is 0 Å². The molecule has 2 rings (SSSR count). The fourth-order valence-corrected chi connectivity index (χ4v) is 4.74. The van der Waals surface area contributed by atoms with Gasteiger partial charge in [-0.25, -0.2) is 0 Å². The molecule has 0 bridgehead atoms. The Labute approximate surface area is 164 Å². The average Bonchev–Trinajstić information content (AvgIpc) is 2.68. The molecule has 1 aromatic rings. The molecule has 0 heterocycles. The molecule has 0 spiro atoms. The molecule has 0 radical (unpaired) electrons. The molecular weight excluding hydrogens is 312 g/mol. The van der Waals surface area contributed by atoms with Crippen LogP contribution in [-0.2, 0) is 6.42 Å². The molecule has 1 atom stereocenters. The Morgan fingerprint density at radius 1 is 0.692 bits per heavy atom. The molecule has 1 aromatic carbocycles. The molecular formula is C26H44. The Balaban J connectivity index is 1.38. The van der Waals surface area contributed by atoms with E-state index < -0.39 is 0 Å². The Hall–Kier alpha value is -0.780. The van der Waals surface area contributed by atoms with Gasteiger partial charge in [0.1, 0.15) is 0 Å². The second-order valence-electron chi connectivity index (χ2n) is 8.67. The molecule has 148 valence electrons. The van der Waals surface area contributed by atoms with E-state index in [1.165, 1.54) is 116 Å². The number of aryl methyl sites for hydroxylation is 1. The predicted molar refractivity (Wildman–Crippen MR) is 117 cm³/mol. The van der Waals surface area contributed by atoms with Crippen molar-refractivity contribution in [2.75, 3.05) is 0 Å². The minimum atomic E-state index is 0.859. The number of hydrogen-bond donors (Lipinski definition) is 0. The van der Waals surface area contributed by atoms with Gasteiger partial charge in [0.15, 0.2) is 0 Å². The van der Waals surface area contributed by atoms with Crippen molar-refractivity contribution >= 4 is 0 Å². The maximum absolute atomic E-state index is 2.39. The molecule has 1 aliphatic rings. The standard InChI is InChI=1S/C26H44/c1-2-3-4-5-6-7-8-9-10-11-12-13-14-15-19-24-21-18-22-25-20-16-17-23-26(24)25/h16-17,20,23-24H,2-15,18-19,21-22H2,1H3.